The van der Waals surface area contributed by atoms with Gasteiger partial charge in [0, 0.05) is 57.4 Å². The van der Waals surface area contributed by atoms with Crippen LogP contribution in [0.15, 0.2) is 78.9 Å². The van der Waals surface area contributed by atoms with Crippen molar-refractivity contribution < 1.29 is 23.9 Å². The van der Waals surface area contributed by atoms with Crippen molar-refractivity contribution in [3.63, 3.8) is 0 Å². The summed E-state index contributed by atoms with van der Waals surface area (Å²) in [4.78, 5) is 41.2. The highest BCUT2D eigenvalue weighted by Gasteiger charge is 2.23. The first-order valence-electron chi connectivity index (χ1n) is 17.2. The summed E-state index contributed by atoms with van der Waals surface area (Å²) in [5.74, 6) is 0.181. The van der Waals surface area contributed by atoms with Crippen molar-refractivity contribution in [3.05, 3.63) is 84.4 Å². The van der Waals surface area contributed by atoms with Crippen LogP contribution >= 0.6 is 0 Å². The number of unbranched alkanes of at least 4 members (excludes halogenated alkanes) is 2. The summed E-state index contributed by atoms with van der Waals surface area (Å²) in [5.41, 5.74) is 4.58. The number of rotatable bonds is 17. The van der Waals surface area contributed by atoms with Gasteiger partial charge in [0.25, 0.3) is 0 Å². The number of para-hydroxylation sites is 1. The summed E-state index contributed by atoms with van der Waals surface area (Å²) in [7, 11) is 1.88. The highest BCUT2D eigenvalue weighted by atomic mass is 16.6. The minimum atomic E-state index is -0.431. The van der Waals surface area contributed by atoms with Gasteiger partial charge in [0.2, 0.25) is 5.91 Å². The topological polar surface area (TPSA) is 112 Å². The van der Waals surface area contributed by atoms with E-state index in [4.69, 9.17) is 9.47 Å². The lowest BCUT2D eigenvalue weighted by Crippen LogP contribution is -2.42. The molecular formula is C38H51N5O5. The molecule has 0 aliphatic carbocycles. The Hall–Kier alpha value is -4.41. The number of anilines is 2. The fourth-order valence-corrected chi connectivity index (χ4v) is 5.60. The van der Waals surface area contributed by atoms with E-state index in [1.54, 1.807) is 0 Å². The van der Waals surface area contributed by atoms with Crippen molar-refractivity contribution >= 4 is 29.5 Å². The molecule has 4 rings (SSSR count). The molecule has 0 spiro atoms. The van der Waals surface area contributed by atoms with E-state index in [0.29, 0.717) is 25.3 Å². The number of hydrogen-bond acceptors (Lipinski definition) is 7. The number of likely N-dealkylation sites (tertiary alicyclic amines) is 1. The van der Waals surface area contributed by atoms with Crippen LogP contribution in [0.3, 0.4) is 0 Å². The third-order valence-electron chi connectivity index (χ3n) is 8.45. The Bertz CT molecular complexity index is 1410. The molecule has 0 aromatic heterocycles. The summed E-state index contributed by atoms with van der Waals surface area (Å²) in [6.07, 6.45) is 4.80. The molecule has 1 heterocycles. The molecule has 48 heavy (non-hydrogen) atoms. The van der Waals surface area contributed by atoms with E-state index in [1.165, 1.54) is 0 Å². The van der Waals surface area contributed by atoms with Crippen molar-refractivity contribution in [2.75, 3.05) is 57.0 Å². The van der Waals surface area contributed by atoms with E-state index >= 15 is 0 Å². The second-order valence-electron chi connectivity index (χ2n) is 12.2. The molecule has 258 valence electrons. The van der Waals surface area contributed by atoms with Crippen molar-refractivity contribution in [3.8, 4) is 11.1 Å². The van der Waals surface area contributed by atoms with Crippen molar-refractivity contribution in [1.82, 2.24) is 15.1 Å². The fraction of sp³-hybridized carbons (Fsp3) is 0.447. The van der Waals surface area contributed by atoms with E-state index in [2.05, 4.69) is 20.9 Å². The minimum absolute atomic E-state index is 0.121. The average Bonchev–Trinajstić information content (AvgIpc) is 3.11. The zero-order valence-corrected chi connectivity index (χ0v) is 28.4. The summed E-state index contributed by atoms with van der Waals surface area (Å²) in [6, 6.07) is 25.4. The minimum Gasteiger partial charge on any atom is -0.449 e. The first-order chi connectivity index (χ1) is 23.4. The Kier molecular flexibility index (Phi) is 15.2. The number of nitrogens with one attached hydrogen (secondary N) is 3. The molecule has 0 radical (unpaired) electrons. The molecular weight excluding hydrogens is 606 g/mol. The molecule has 0 atom stereocenters. The zero-order chi connectivity index (χ0) is 34.0. The van der Waals surface area contributed by atoms with Crippen LogP contribution in [0, 0.1) is 0 Å². The lowest BCUT2D eigenvalue weighted by Gasteiger charge is -2.32. The van der Waals surface area contributed by atoms with Crippen LogP contribution < -0.4 is 16.0 Å². The molecule has 10 nitrogen and oxygen atoms in total. The summed E-state index contributed by atoms with van der Waals surface area (Å²) >= 11 is 0. The van der Waals surface area contributed by atoms with Crippen molar-refractivity contribution in [2.45, 2.75) is 64.5 Å². The maximum Gasteiger partial charge on any atom is 0.411 e. The van der Waals surface area contributed by atoms with Gasteiger partial charge in [-0.1, -0.05) is 74.0 Å². The maximum atomic E-state index is 12.7. The highest BCUT2D eigenvalue weighted by molar-refractivity contribution is 5.91. The first kappa shape index (κ1) is 36.4. The van der Waals surface area contributed by atoms with Crippen molar-refractivity contribution in [1.29, 1.82) is 0 Å². The van der Waals surface area contributed by atoms with Gasteiger partial charge in [0.05, 0.1) is 12.3 Å². The van der Waals surface area contributed by atoms with Gasteiger partial charge < -0.3 is 24.6 Å². The van der Waals surface area contributed by atoms with Gasteiger partial charge >= 0.3 is 12.2 Å². The molecule has 3 N–H and O–H groups in total. The molecule has 1 aliphatic rings. The SMILES string of the molecule is CCCOC(=O)Nc1ccc(CNCCCCCC(=O)N(C)CCN2CCC(OC(=O)Nc3ccccc3-c3ccccc3)CC2)cc1. The van der Waals surface area contributed by atoms with E-state index in [1.807, 2.05) is 97.7 Å². The van der Waals surface area contributed by atoms with Gasteiger partial charge in [0.1, 0.15) is 6.10 Å². The summed E-state index contributed by atoms with van der Waals surface area (Å²) in [6.45, 7) is 7.18. The van der Waals surface area contributed by atoms with Gasteiger partial charge in [0.15, 0.2) is 0 Å². The molecule has 0 bridgehead atoms. The Morgan fingerprint density at radius 2 is 1.58 bits per heavy atom. The quantitative estimate of drug-likeness (QED) is 0.132. The number of nitrogens with zero attached hydrogens (tertiary/aromatic N) is 2. The van der Waals surface area contributed by atoms with Gasteiger partial charge in [-0.25, -0.2) is 9.59 Å². The lowest BCUT2D eigenvalue weighted by atomic mass is 10.0. The predicted octanol–water partition coefficient (Wildman–Crippen LogP) is 7.13. The van der Waals surface area contributed by atoms with Gasteiger partial charge in [-0.15, -0.1) is 0 Å². The number of carbonyl (C=O) groups is 3. The normalized spacial score (nSPS) is 13.5. The van der Waals surface area contributed by atoms with E-state index in [-0.39, 0.29) is 12.0 Å². The fourth-order valence-electron chi connectivity index (χ4n) is 5.60. The van der Waals surface area contributed by atoms with Crippen LogP contribution in [0.25, 0.3) is 11.1 Å². The van der Waals surface area contributed by atoms with E-state index in [9.17, 15) is 14.4 Å². The van der Waals surface area contributed by atoms with E-state index in [0.717, 1.165) is 93.6 Å². The second-order valence-corrected chi connectivity index (χ2v) is 12.2. The highest BCUT2D eigenvalue weighted by Crippen LogP contribution is 2.28. The van der Waals surface area contributed by atoms with Gasteiger partial charge in [-0.2, -0.15) is 0 Å². The molecule has 1 saturated heterocycles. The first-order valence-corrected chi connectivity index (χ1v) is 17.2. The number of ether oxygens (including phenoxy) is 2. The molecule has 3 aromatic rings. The molecule has 0 saturated carbocycles. The number of benzene rings is 3. The van der Waals surface area contributed by atoms with Crippen LogP contribution in [0.4, 0.5) is 21.0 Å². The van der Waals surface area contributed by atoms with Crippen LogP contribution in [-0.4, -0.2) is 80.4 Å². The molecule has 1 fully saturated rings. The standard InChI is InChI=1S/C38H51N5O5/c1-3-28-47-37(45)40-32-19-17-30(18-20-32)29-39-23-11-5-8-16-36(44)42(2)26-27-43-24-21-33(22-25-43)48-38(46)41-35-15-10-9-14-34(35)31-12-6-4-7-13-31/h4,6-7,9-10,12-15,17-20,33,39H,3,5,8,11,16,21-29H2,1-2H3,(H,40,45)(H,41,46). The molecule has 1 aliphatic heterocycles. The lowest BCUT2D eigenvalue weighted by molar-refractivity contribution is -0.130. The third kappa shape index (κ3) is 12.7. The number of amides is 3. The number of likely N-dealkylation sites (N-methyl/N-ethyl adjacent to an activating group) is 1. The van der Waals surface area contributed by atoms with Crippen LogP contribution in [-0.2, 0) is 20.8 Å². The smallest absolute Gasteiger partial charge is 0.411 e. The average molecular weight is 658 g/mol. The van der Waals surface area contributed by atoms with Crippen LogP contribution in [0.5, 0.6) is 0 Å². The maximum absolute atomic E-state index is 12.7. The molecule has 3 aromatic carbocycles. The third-order valence-corrected chi connectivity index (χ3v) is 8.45. The Morgan fingerprint density at radius 1 is 0.854 bits per heavy atom. The Balaban J connectivity index is 1.02. The number of piperidine rings is 1. The monoisotopic (exact) mass is 657 g/mol. The van der Waals surface area contributed by atoms with Gasteiger partial charge in [-0.3, -0.25) is 15.4 Å². The number of hydrogen-bond donors (Lipinski definition) is 3. The van der Waals surface area contributed by atoms with Crippen LogP contribution in [0.2, 0.25) is 0 Å². The molecule has 0 unspecified atom stereocenters. The van der Waals surface area contributed by atoms with Crippen molar-refractivity contribution in [2.24, 2.45) is 0 Å². The Labute approximate surface area is 285 Å². The summed E-state index contributed by atoms with van der Waals surface area (Å²) in [5, 5.41) is 9.10. The van der Waals surface area contributed by atoms with E-state index < -0.39 is 12.2 Å². The summed E-state index contributed by atoms with van der Waals surface area (Å²) < 4.78 is 10.8. The predicted molar refractivity (Wildman–Crippen MR) is 191 cm³/mol. The van der Waals surface area contributed by atoms with Gasteiger partial charge in [-0.05, 0) is 68.0 Å². The second kappa shape index (κ2) is 20.1. The molecule has 10 heteroatoms. The van der Waals surface area contributed by atoms with Crippen LogP contribution in [0.1, 0.15) is 57.4 Å². The Morgan fingerprint density at radius 3 is 2.33 bits per heavy atom. The largest absolute Gasteiger partial charge is 0.449 e. The zero-order valence-electron chi connectivity index (χ0n) is 28.4. The molecule has 3 amide bonds. The number of carbonyl (C=O) groups excluding carboxylic acids is 3.